The molecule has 0 saturated heterocycles. The largest absolute Gasteiger partial charge is 0.376 e. The van der Waals surface area contributed by atoms with E-state index in [2.05, 4.69) is 0 Å². The van der Waals surface area contributed by atoms with Crippen molar-refractivity contribution in [2.24, 2.45) is 0 Å². The molecule has 0 aromatic heterocycles. The van der Waals surface area contributed by atoms with E-state index in [4.69, 9.17) is 5.11 Å². The number of imide groups is 1. The highest BCUT2D eigenvalue weighted by Gasteiger charge is 2.20. The average Bonchev–Trinajstić information content (AvgIpc) is 1.88. The fourth-order valence-corrected chi connectivity index (χ4v) is 0.732. The first kappa shape index (κ1) is 6.95. The van der Waals surface area contributed by atoms with E-state index in [0.29, 0.717) is 0 Å². The summed E-state index contributed by atoms with van der Waals surface area (Å²) >= 11 is 0. The zero-order chi connectivity index (χ0) is 7.56. The molecule has 4 heteroatoms. The smallest absolute Gasteiger partial charge is 0.254 e. The van der Waals surface area contributed by atoms with E-state index in [1.165, 1.54) is 12.2 Å². The van der Waals surface area contributed by atoms with Crippen LogP contribution in [0.25, 0.3) is 0 Å². The molecule has 0 spiro atoms. The summed E-state index contributed by atoms with van der Waals surface area (Å²) in [6.07, 6.45) is 2.96. The Hall–Kier alpha value is -1.16. The number of nitrogens with zero attached hydrogens (tertiary/aromatic N) is 1. The van der Waals surface area contributed by atoms with Crippen LogP contribution >= 0.6 is 0 Å². The summed E-state index contributed by atoms with van der Waals surface area (Å²) in [6.45, 7) is -0.526. The summed E-state index contributed by atoms with van der Waals surface area (Å²) in [7, 11) is 0. The molecule has 1 rings (SSSR count). The van der Waals surface area contributed by atoms with Gasteiger partial charge in [0.2, 0.25) is 5.91 Å². The third-order valence-corrected chi connectivity index (χ3v) is 1.26. The van der Waals surface area contributed by atoms with Gasteiger partial charge in [0.15, 0.2) is 0 Å². The van der Waals surface area contributed by atoms with Crippen LogP contribution in [0.15, 0.2) is 12.2 Å². The monoisotopic (exact) mass is 141 g/mol. The van der Waals surface area contributed by atoms with Crippen molar-refractivity contribution in [1.29, 1.82) is 0 Å². The first-order chi connectivity index (χ1) is 4.75. The summed E-state index contributed by atoms with van der Waals surface area (Å²) in [5.41, 5.74) is 0. The van der Waals surface area contributed by atoms with E-state index in [1.807, 2.05) is 0 Å². The van der Waals surface area contributed by atoms with Crippen LogP contribution in [0, 0.1) is 0 Å². The molecule has 2 amide bonds. The first-order valence-corrected chi connectivity index (χ1v) is 2.87. The molecule has 1 aliphatic rings. The Morgan fingerprint density at radius 2 is 2.30 bits per heavy atom. The lowest BCUT2D eigenvalue weighted by Crippen LogP contribution is -2.38. The number of hydrogen-bond donors (Lipinski definition) is 1. The Labute approximate surface area is 57.7 Å². The third-order valence-electron chi connectivity index (χ3n) is 1.26. The van der Waals surface area contributed by atoms with Gasteiger partial charge in [-0.1, -0.05) is 6.08 Å². The highest BCUT2D eigenvalue weighted by atomic mass is 16.3. The van der Waals surface area contributed by atoms with Gasteiger partial charge in [-0.2, -0.15) is 0 Å². The lowest BCUT2D eigenvalue weighted by molar-refractivity contribution is -0.146. The second-order valence-electron chi connectivity index (χ2n) is 1.91. The van der Waals surface area contributed by atoms with Crippen LogP contribution in [0.5, 0.6) is 0 Å². The fourth-order valence-electron chi connectivity index (χ4n) is 0.732. The number of carbonyl (C=O) groups is 2. The Bertz CT molecular complexity index is 197. The van der Waals surface area contributed by atoms with Crippen molar-refractivity contribution in [3.05, 3.63) is 12.2 Å². The van der Waals surface area contributed by atoms with Crippen molar-refractivity contribution < 1.29 is 14.7 Å². The minimum absolute atomic E-state index is 0.201. The Kier molecular flexibility index (Phi) is 1.82. The standard InChI is InChI=1S/C6H7NO3/c8-4-7-5(9)2-1-3-6(7)10/h1-2,8H,3-4H2. The van der Waals surface area contributed by atoms with Crippen LogP contribution in [0.3, 0.4) is 0 Å². The number of aliphatic hydroxyl groups excluding tert-OH is 1. The van der Waals surface area contributed by atoms with Gasteiger partial charge in [0.05, 0.1) is 0 Å². The molecule has 1 heterocycles. The number of aliphatic hydroxyl groups is 1. The lowest BCUT2D eigenvalue weighted by atomic mass is 10.2. The Balaban J connectivity index is 2.77. The van der Waals surface area contributed by atoms with Gasteiger partial charge in [0, 0.05) is 12.5 Å². The van der Waals surface area contributed by atoms with Gasteiger partial charge in [-0.05, 0) is 0 Å². The molecule has 4 nitrogen and oxygen atoms in total. The van der Waals surface area contributed by atoms with Crippen LogP contribution in [0.4, 0.5) is 0 Å². The van der Waals surface area contributed by atoms with Gasteiger partial charge in [0.25, 0.3) is 5.91 Å². The van der Waals surface area contributed by atoms with Crippen LogP contribution in [-0.4, -0.2) is 28.6 Å². The van der Waals surface area contributed by atoms with Crippen molar-refractivity contribution in [2.75, 3.05) is 6.73 Å². The van der Waals surface area contributed by atoms with Crippen molar-refractivity contribution in [2.45, 2.75) is 6.42 Å². The van der Waals surface area contributed by atoms with Crippen LogP contribution < -0.4 is 0 Å². The van der Waals surface area contributed by atoms with Crippen molar-refractivity contribution in [1.82, 2.24) is 4.90 Å². The highest BCUT2D eigenvalue weighted by Crippen LogP contribution is 2.02. The Morgan fingerprint density at radius 1 is 1.60 bits per heavy atom. The SMILES string of the molecule is O=C1C=CCC(=O)N1CO. The van der Waals surface area contributed by atoms with Crippen LogP contribution in [-0.2, 0) is 9.59 Å². The molecule has 54 valence electrons. The van der Waals surface area contributed by atoms with E-state index < -0.39 is 12.6 Å². The van der Waals surface area contributed by atoms with Crippen molar-refractivity contribution in [3.63, 3.8) is 0 Å². The minimum atomic E-state index is -0.526. The quantitative estimate of drug-likeness (QED) is 0.489. The molecule has 10 heavy (non-hydrogen) atoms. The fraction of sp³-hybridized carbons (Fsp3) is 0.333. The van der Waals surface area contributed by atoms with Gasteiger partial charge in [-0.15, -0.1) is 0 Å². The number of rotatable bonds is 1. The molecule has 0 radical (unpaired) electrons. The number of hydrogen-bond acceptors (Lipinski definition) is 3. The number of amides is 2. The summed E-state index contributed by atoms with van der Waals surface area (Å²) in [5.74, 6) is -0.797. The van der Waals surface area contributed by atoms with Gasteiger partial charge in [-0.3, -0.25) is 14.5 Å². The van der Waals surface area contributed by atoms with Gasteiger partial charge in [0.1, 0.15) is 6.73 Å². The van der Waals surface area contributed by atoms with E-state index >= 15 is 0 Å². The average molecular weight is 141 g/mol. The molecule has 0 saturated carbocycles. The van der Waals surface area contributed by atoms with Gasteiger partial charge in [-0.25, -0.2) is 0 Å². The lowest BCUT2D eigenvalue weighted by Gasteiger charge is -2.17. The predicted molar refractivity (Wildman–Crippen MR) is 32.7 cm³/mol. The molecule has 1 aliphatic heterocycles. The maximum absolute atomic E-state index is 10.7. The Morgan fingerprint density at radius 3 is 2.70 bits per heavy atom. The third kappa shape index (κ3) is 1.06. The van der Waals surface area contributed by atoms with Crippen LogP contribution in [0.2, 0.25) is 0 Å². The second kappa shape index (κ2) is 2.62. The van der Waals surface area contributed by atoms with Gasteiger partial charge < -0.3 is 5.11 Å². The van der Waals surface area contributed by atoms with E-state index in [0.717, 1.165) is 4.90 Å². The molecule has 1 N–H and O–H groups in total. The summed E-state index contributed by atoms with van der Waals surface area (Å²) in [5, 5.41) is 8.48. The highest BCUT2D eigenvalue weighted by molar-refractivity contribution is 6.03. The van der Waals surface area contributed by atoms with Crippen molar-refractivity contribution in [3.8, 4) is 0 Å². The summed E-state index contributed by atoms with van der Waals surface area (Å²) < 4.78 is 0. The maximum Gasteiger partial charge on any atom is 0.254 e. The zero-order valence-corrected chi connectivity index (χ0v) is 5.28. The summed E-state index contributed by atoms with van der Waals surface area (Å²) in [6, 6.07) is 0. The molecular formula is C6H7NO3. The minimum Gasteiger partial charge on any atom is -0.376 e. The molecule has 0 atom stereocenters. The van der Waals surface area contributed by atoms with E-state index in [1.54, 1.807) is 0 Å². The normalized spacial score (nSPS) is 18.3. The predicted octanol–water partition coefficient (Wildman–Crippen LogP) is -0.749. The molecular weight excluding hydrogens is 134 g/mol. The molecule has 0 aromatic rings. The summed E-state index contributed by atoms with van der Waals surface area (Å²) in [4.78, 5) is 22.2. The molecule has 0 fully saturated rings. The van der Waals surface area contributed by atoms with Crippen molar-refractivity contribution >= 4 is 11.8 Å². The zero-order valence-electron chi connectivity index (χ0n) is 5.28. The first-order valence-electron chi connectivity index (χ1n) is 2.87. The topological polar surface area (TPSA) is 57.6 Å². The van der Waals surface area contributed by atoms with Crippen LogP contribution in [0.1, 0.15) is 6.42 Å². The molecule has 0 aliphatic carbocycles. The number of carbonyl (C=O) groups excluding carboxylic acids is 2. The van der Waals surface area contributed by atoms with E-state index in [9.17, 15) is 9.59 Å². The van der Waals surface area contributed by atoms with E-state index in [-0.39, 0.29) is 12.3 Å². The molecule has 0 unspecified atom stereocenters. The maximum atomic E-state index is 10.7. The van der Waals surface area contributed by atoms with Gasteiger partial charge >= 0.3 is 0 Å². The second-order valence-corrected chi connectivity index (χ2v) is 1.91. The molecule has 0 bridgehead atoms. The molecule has 0 aromatic carbocycles.